The second-order valence-corrected chi connectivity index (χ2v) is 16.5. The van der Waals surface area contributed by atoms with Crippen LogP contribution in [0.5, 0.6) is 0 Å². The number of aromatic nitrogens is 1. The van der Waals surface area contributed by atoms with Crippen molar-refractivity contribution < 1.29 is 0 Å². The van der Waals surface area contributed by atoms with Crippen LogP contribution in [0.15, 0.2) is 206 Å². The van der Waals surface area contributed by atoms with Gasteiger partial charge in [0, 0.05) is 59.3 Å². The van der Waals surface area contributed by atoms with Crippen LogP contribution in [0, 0.1) is 13.8 Å². The standard InChI is InChI=1S/C56H40N2S/c1-37-17-15-23-42(31-37)57(44-32-38(2)55(40-20-7-4-8-21-40)49(34-44)39-18-5-3-6-19-39)45-35-50(56-51(36-45)48-27-11-14-30-54(48)59-56)41-22-16-24-43(33-41)58-52-28-12-9-25-46(52)47-26-10-13-29-53(47)58/h3-36H,1-2H3. The second kappa shape index (κ2) is 14.3. The zero-order chi connectivity index (χ0) is 39.5. The summed E-state index contributed by atoms with van der Waals surface area (Å²) >= 11 is 1.88. The molecule has 0 aliphatic heterocycles. The summed E-state index contributed by atoms with van der Waals surface area (Å²) in [4.78, 5) is 2.47. The number of para-hydroxylation sites is 2. The Hall–Kier alpha value is -7.20. The molecule has 0 aliphatic rings. The number of anilines is 3. The molecule has 0 saturated heterocycles. The van der Waals surface area contributed by atoms with Crippen LogP contribution < -0.4 is 4.90 Å². The quantitative estimate of drug-likeness (QED) is 0.157. The van der Waals surface area contributed by atoms with Gasteiger partial charge in [-0.25, -0.2) is 0 Å². The van der Waals surface area contributed by atoms with Crippen molar-refractivity contribution in [2.24, 2.45) is 0 Å². The van der Waals surface area contributed by atoms with Gasteiger partial charge in [0.1, 0.15) is 0 Å². The van der Waals surface area contributed by atoms with Crippen molar-refractivity contribution in [1.29, 1.82) is 0 Å². The van der Waals surface area contributed by atoms with Crippen LogP contribution in [0.25, 0.3) is 81.0 Å². The molecular weight excluding hydrogens is 733 g/mol. The summed E-state index contributed by atoms with van der Waals surface area (Å²) in [5.41, 5.74) is 16.7. The number of nitrogens with zero attached hydrogens (tertiary/aromatic N) is 2. The van der Waals surface area contributed by atoms with E-state index in [4.69, 9.17) is 0 Å². The molecule has 11 aromatic rings. The van der Waals surface area contributed by atoms with Gasteiger partial charge in [0.05, 0.1) is 11.0 Å². The third-order valence-electron chi connectivity index (χ3n) is 11.7. The third-order valence-corrected chi connectivity index (χ3v) is 12.9. The van der Waals surface area contributed by atoms with E-state index in [9.17, 15) is 0 Å². The van der Waals surface area contributed by atoms with Gasteiger partial charge in [0.2, 0.25) is 0 Å². The normalized spacial score (nSPS) is 11.6. The Kier molecular flexibility index (Phi) is 8.49. The lowest BCUT2D eigenvalue weighted by Gasteiger charge is -2.29. The van der Waals surface area contributed by atoms with Crippen molar-refractivity contribution in [3.05, 3.63) is 217 Å². The first-order chi connectivity index (χ1) is 29.1. The fourth-order valence-corrected chi connectivity index (χ4v) is 10.3. The van der Waals surface area contributed by atoms with E-state index < -0.39 is 0 Å². The Bertz CT molecular complexity index is 3300. The van der Waals surface area contributed by atoms with Gasteiger partial charge in [-0.05, 0) is 120 Å². The van der Waals surface area contributed by atoms with Crippen molar-refractivity contribution in [1.82, 2.24) is 4.57 Å². The molecule has 2 heterocycles. The van der Waals surface area contributed by atoms with Crippen LogP contribution in [-0.4, -0.2) is 4.57 Å². The van der Waals surface area contributed by atoms with E-state index in [1.165, 1.54) is 86.5 Å². The maximum absolute atomic E-state index is 2.47. The maximum atomic E-state index is 2.47. The summed E-state index contributed by atoms with van der Waals surface area (Å²) in [6, 6.07) is 75.6. The van der Waals surface area contributed by atoms with Gasteiger partial charge in [-0.1, -0.05) is 140 Å². The largest absolute Gasteiger partial charge is 0.310 e. The molecule has 280 valence electrons. The molecule has 0 aliphatic carbocycles. The monoisotopic (exact) mass is 772 g/mol. The summed E-state index contributed by atoms with van der Waals surface area (Å²) in [6.07, 6.45) is 0. The predicted molar refractivity (Wildman–Crippen MR) is 254 cm³/mol. The molecule has 0 N–H and O–H groups in total. The topological polar surface area (TPSA) is 8.17 Å². The second-order valence-electron chi connectivity index (χ2n) is 15.5. The van der Waals surface area contributed by atoms with E-state index in [0.29, 0.717) is 0 Å². The van der Waals surface area contributed by atoms with Crippen LogP contribution in [0.2, 0.25) is 0 Å². The molecule has 9 aromatic carbocycles. The lowest BCUT2D eigenvalue weighted by Crippen LogP contribution is -2.11. The Morgan fingerprint density at radius 1 is 0.407 bits per heavy atom. The minimum absolute atomic E-state index is 1.12. The third kappa shape index (κ3) is 6.02. The molecule has 11 rings (SSSR count). The summed E-state index contributed by atoms with van der Waals surface area (Å²) in [7, 11) is 0. The molecule has 0 unspecified atom stereocenters. The highest BCUT2D eigenvalue weighted by Gasteiger charge is 2.22. The number of benzene rings is 9. The molecule has 0 atom stereocenters. The van der Waals surface area contributed by atoms with E-state index in [1.807, 2.05) is 11.3 Å². The molecular formula is C56H40N2S. The smallest absolute Gasteiger partial charge is 0.0541 e. The Morgan fingerprint density at radius 2 is 1.00 bits per heavy atom. The van der Waals surface area contributed by atoms with E-state index in [0.717, 1.165) is 22.7 Å². The number of aryl methyl sites for hydroxylation is 2. The van der Waals surface area contributed by atoms with E-state index in [1.54, 1.807) is 0 Å². The highest BCUT2D eigenvalue weighted by Crippen LogP contribution is 2.48. The van der Waals surface area contributed by atoms with Crippen molar-refractivity contribution >= 4 is 70.4 Å². The maximum Gasteiger partial charge on any atom is 0.0541 e. The van der Waals surface area contributed by atoms with Crippen LogP contribution in [-0.2, 0) is 0 Å². The molecule has 3 heteroatoms. The van der Waals surface area contributed by atoms with E-state index in [2.05, 4.69) is 230 Å². The van der Waals surface area contributed by atoms with Gasteiger partial charge >= 0.3 is 0 Å². The first-order valence-electron chi connectivity index (χ1n) is 20.3. The fraction of sp³-hybridized carbons (Fsp3) is 0.0357. The molecule has 0 saturated carbocycles. The molecule has 0 amide bonds. The molecule has 2 nitrogen and oxygen atoms in total. The number of rotatable bonds is 7. The molecule has 0 fully saturated rings. The Balaban J connectivity index is 1.18. The fourth-order valence-electron chi connectivity index (χ4n) is 9.11. The van der Waals surface area contributed by atoms with Crippen LogP contribution >= 0.6 is 11.3 Å². The minimum Gasteiger partial charge on any atom is -0.310 e. The number of fused-ring (bicyclic) bond motifs is 6. The van der Waals surface area contributed by atoms with Crippen molar-refractivity contribution in [3.8, 4) is 39.1 Å². The molecule has 0 spiro atoms. The lowest BCUT2D eigenvalue weighted by molar-refractivity contribution is 1.18. The summed E-state index contributed by atoms with van der Waals surface area (Å²) in [5.74, 6) is 0. The zero-order valence-corrected chi connectivity index (χ0v) is 33.7. The average Bonchev–Trinajstić information content (AvgIpc) is 3.83. The molecule has 0 bridgehead atoms. The summed E-state index contributed by atoms with van der Waals surface area (Å²) in [6.45, 7) is 4.44. The minimum atomic E-state index is 1.12. The number of hydrogen-bond acceptors (Lipinski definition) is 2. The van der Waals surface area contributed by atoms with Gasteiger partial charge < -0.3 is 9.47 Å². The van der Waals surface area contributed by atoms with Crippen molar-refractivity contribution in [3.63, 3.8) is 0 Å². The molecule has 0 radical (unpaired) electrons. The first kappa shape index (κ1) is 35.0. The van der Waals surface area contributed by atoms with E-state index in [-0.39, 0.29) is 0 Å². The van der Waals surface area contributed by atoms with Crippen LogP contribution in [0.4, 0.5) is 17.1 Å². The van der Waals surface area contributed by atoms with Crippen LogP contribution in [0.3, 0.4) is 0 Å². The van der Waals surface area contributed by atoms with Crippen molar-refractivity contribution in [2.45, 2.75) is 13.8 Å². The van der Waals surface area contributed by atoms with E-state index >= 15 is 0 Å². The SMILES string of the molecule is Cc1cccc(N(c2cc(C)c(-c3ccccc3)c(-c3ccccc3)c2)c2cc(-c3cccc(-n4c5ccccc5c5ccccc54)c3)c3sc4ccccc4c3c2)c1. The average molecular weight is 773 g/mol. The predicted octanol–water partition coefficient (Wildman–Crippen LogP) is 16.2. The lowest BCUT2D eigenvalue weighted by atomic mass is 9.90. The zero-order valence-electron chi connectivity index (χ0n) is 32.9. The van der Waals surface area contributed by atoms with Crippen molar-refractivity contribution in [2.75, 3.05) is 4.90 Å². The van der Waals surface area contributed by atoms with Crippen LogP contribution in [0.1, 0.15) is 11.1 Å². The highest BCUT2D eigenvalue weighted by molar-refractivity contribution is 7.26. The Labute approximate surface area is 348 Å². The molecule has 2 aromatic heterocycles. The van der Waals surface area contributed by atoms with Gasteiger partial charge in [-0.3, -0.25) is 0 Å². The molecule has 59 heavy (non-hydrogen) atoms. The first-order valence-corrected chi connectivity index (χ1v) is 21.1. The van der Waals surface area contributed by atoms with Gasteiger partial charge in [-0.2, -0.15) is 0 Å². The summed E-state index contributed by atoms with van der Waals surface area (Å²) < 4.78 is 5.00. The number of hydrogen-bond donors (Lipinski definition) is 0. The highest BCUT2D eigenvalue weighted by atomic mass is 32.1. The summed E-state index contributed by atoms with van der Waals surface area (Å²) in [5, 5.41) is 5.07. The van der Waals surface area contributed by atoms with Gasteiger partial charge in [0.25, 0.3) is 0 Å². The Morgan fingerprint density at radius 3 is 1.73 bits per heavy atom. The van der Waals surface area contributed by atoms with Gasteiger partial charge in [-0.15, -0.1) is 11.3 Å². The number of thiophene rings is 1. The van der Waals surface area contributed by atoms with Gasteiger partial charge in [0.15, 0.2) is 0 Å².